The molecule has 10 nitrogen and oxygen atoms in total. The number of carbonyl (C=O) groups is 2. The predicted molar refractivity (Wildman–Crippen MR) is 89.4 cm³/mol. The molecule has 0 amide bonds. The fourth-order valence-electron chi connectivity index (χ4n) is 2.16. The number of halogens is 1. The van der Waals surface area contributed by atoms with Crippen LogP contribution in [0.3, 0.4) is 0 Å². The van der Waals surface area contributed by atoms with Gasteiger partial charge in [0.25, 0.3) is 6.47 Å². The highest BCUT2D eigenvalue weighted by Crippen LogP contribution is 2.27. The summed E-state index contributed by atoms with van der Waals surface area (Å²) in [6.45, 7) is 4.03. The smallest absolute Gasteiger partial charge is 0.302 e. The van der Waals surface area contributed by atoms with Crippen LogP contribution in [0.2, 0.25) is 0 Å². The summed E-state index contributed by atoms with van der Waals surface area (Å²) < 4.78 is 20.7. The number of esters is 1. The molecule has 0 radical (unpaired) electrons. The van der Waals surface area contributed by atoms with Gasteiger partial charge in [0.15, 0.2) is 12.4 Å². The Morgan fingerprint density at radius 1 is 1.32 bits per heavy atom. The summed E-state index contributed by atoms with van der Waals surface area (Å²) in [7, 11) is 0. The molecule has 0 aromatic rings. The molecule has 25 heavy (non-hydrogen) atoms. The number of aliphatic hydroxyl groups excluding tert-OH is 4. The van der Waals surface area contributed by atoms with Gasteiger partial charge in [0.2, 0.25) is 0 Å². The average Bonchev–Trinajstić information content (AvgIpc) is 2.56. The van der Waals surface area contributed by atoms with E-state index in [-0.39, 0.29) is 13.1 Å². The van der Waals surface area contributed by atoms with Crippen molar-refractivity contribution in [1.82, 2.24) is 0 Å². The van der Waals surface area contributed by atoms with E-state index in [0.717, 1.165) is 0 Å². The zero-order chi connectivity index (χ0) is 19.1. The topological polar surface area (TPSA) is 152 Å². The zero-order valence-electron chi connectivity index (χ0n) is 13.4. The number of ether oxygens (including phenoxy) is 4. The van der Waals surface area contributed by atoms with E-state index in [0.29, 0.717) is 3.58 Å². The maximum Gasteiger partial charge on any atom is 0.302 e. The van der Waals surface area contributed by atoms with Crippen LogP contribution in [-0.4, -0.2) is 89.0 Å². The van der Waals surface area contributed by atoms with Gasteiger partial charge >= 0.3 is 5.97 Å². The second-order valence-corrected chi connectivity index (χ2v) is 6.66. The summed E-state index contributed by atoms with van der Waals surface area (Å²) in [6.07, 6.45) is -9.57. The molecule has 1 rings (SSSR count). The fourth-order valence-corrected chi connectivity index (χ4v) is 2.70. The summed E-state index contributed by atoms with van der Waals surface area (Å²) in [6, 6.07) is 0. The van der Waals surface area contributed by atoms with Gasteiger partial charge in [0.05, 0.1) is 6.61 Å². The molecule has 4 N–H and O–H groups in total. The maximum absolute atomic E-state index is 11.0. The first-order valence-electron chi connectivity index (χ1n) is 7.25. The molecule has 0 aromatic heterocycles. The van der Waals surface area contributed by atoms with Gasteiger partial charge in [-0.1, -0.05) is 6.58 Å². The predicted octanol–water partition coefficient (Wildman–Crippen LogP) is -1.78. The summed E-state index contributed by atoms with van der Waals surface area (Å²) in [5.41, 5.74) is 0. The van der Waals surface area contributed by atoms with Gasteiger partial charge in [-0.2, -0.15) is 0 Å². The fraction of sp³-hybridized carbons (Fsp3) is 0.714. The number of carbonyl (C=O) groups excluding carboxylic acids is 2. The minimum absolute atomic E-state index is 0.136. The number of rotatable bonds is 9. The molecule has 1 saturated heterocycles. The summed E-state index contributed by atoms with van der Waals surface area (Å²) in [5.74, 6) is -0.606. The Labute approximate surface area is 157 Å². The standard InChI is InChI=1S/C14H21IO10/c1-6(15)13(9(23-5-17)4-22-7(2)18)25-14-12(21)11(20)10(19)8(3-16)24-14/h5,8-14,16,19-21H,1,3-4H2,2H3/t8-,9?,10+,11+,12-,13+,14+/m1/s1. The molecule has 1 aliphatic rings. The lowest BCUT2D eigenvalue weighted by Crippen LogP contribution is -2.60. The second kappa shape index (κ2) is 10.4. The van der Waals surface area contributed by atoms with Crippen molar-refractivity contribution in [3.05, 3.63) is 10.2 Å². The molecule has 144 valence electrons. The normalized spacial score (nSPS) is 31.7. The van der Waals surface area contributed by atoms with Gasteiger partial charge in [-0.05, 0) is 22.6 Å². The van der Waals surface area contributed by atoms with E-state index in [1.807, 2.05) is 0 Å². The summed E-state index contributed by atoms with van der Waals surface area (Å²) >= 11 is 1.79. The lowest BCUT2D eigenvalue weighted by atomic mass is 9.99. The minimum atomic E-state index is -1.64. The SMILES string of the molecule is C=C(I)[C@H](O[C@@H]1O[C@H](CO)[C@H](O)[C@H](O)[C@H]1O)C(COC(C)=O)OC=O. The third kappa shape index (κ3) is 6.13. The van der Waals surface area contributed by atoms with Crippen molar-refractivity contribution in [1.29, 1.82) is 0 Å². The maximum atomic E-state index is 11.0. The van der Waals surface area contributed by atoms with Gasteiger partial charge in [0.1, 0.15) is 37.1 Å². The molecule has 0 spiro atoms. The first-order chi connectivity index (χ1) is 11.7. The van der Waals surface area contributed by atoms with Crippen molar-refractivity contribution < 1.29 is 49.0 Å². The molecule has 1 heterocycles. The van der Waals surface area contributed by atoms with Gasteiger partial charge in [-0.25, -0.2) is 0 Å². The van der Waals surface area contributed by atoms with Crippen molar-refractivity contribution in [2.24, 2.45) is 0 Å². The van der Waals surface area contributed by atoms with Crippen molar-refractivity contribution in [2.45, 2.75) is 49.8 Å². The van der Waals surface area contributed by atoms with Crippen LogP contribution in [0.25, 0.3) is 0 Å². The van der Waals surface area contributed by atoms with Gasteiger partial charge < -0.3 is 39.4 Å². The van der Waals surface area contributed by atoms with Crippen LogP contribution in [0.4, 0.5) is 0 Å². The number of aliphatic hydroxyl groups is 4. The quantitative estimate of drug-likeness (QED) is 0.171. The molecule has 7 atom stereocenters. The Morgan fingerprint density at radius 3 is 2.44 bits per heavy atom. The van der Waals surface area contributed by atoms with Gasteiger partial charge in [-0.3, -0.25) is 9.59 Å². The molecule has 1 fully saturated rings. The molecule has 1 aliphatic heterocycles. The highest BCUT2D eigenvalue weighted by Gasteiger charge is 2.46. The third-order valence-electron chi connectivity index (χ3n) is 3.46. The monoisotopic (exact) mass is 476 g/mol. The molecular formula is C14H21IO10. The van der Waals surface area contributed by atoms with Crippen molar-refractivity contribution in [3.63, 3.8) is 0 Å². The van der Waals surface area contributed by atoms with Crippen LogP contribution >= 0.6 is 22.6 Å². The molecule has 0 aromatic carbocycles. The first kappa shape index (κ1) is 22.2. The molecule has 0 bridgehead atoms. The van der Waals surface area contributed by atoms with E-state index in [1.54, 1.807) is 22.6 Å². The van der Waals surface area contributed by atoms with Crippen molar-refractivity contribution in [3.8, 4) is 0 Å². The number of hydrogen-bond donors (Lipinski definition) is 4. The van der Waals surface area contributed by atoms with E-state index in [4.69, 9.17) is 18.9 Å². The average molecular weight is 476 g/mol. The first-order valence-corrected chi connectivity index (χ1v) is 8.33. The van der Waals surface area contributed by atoms with Gasteiger partial charge in [-0.15, -0.1) is 0 Å². The Balaban J connectivity index is 2.91. The molecular weight excluding hydrogens is 455 g/mol. The van der Waals surface area contributed by atoms with Gasteiger partial charge in [0, 0.05) is 10.5 Å². The molecule has 0 aliphatic carbocycles. The van der Waals surface area contributed by atoms with E-state index < -0.39 is 55.5 Å². The second-order valence-electron chi connectivity index (χ2n) is 5.27. The van der Waals surface area contributed by atoms with E-state index in [1.165, 1.54) is 6.92 Å². The van der Waals surface area contributed by atoms with Crippen LogP contribution in [-0.2, 0) is 28.5 Å². The largest absolute Gasteiger partial charge is 0.462 e. The molecule has 0 saturated carbocycles. The van der Waals surface area contributed by atoms with Crippen LogP contribution in [0.5, 0.6) is 0 Å². The zero-order valence-corrected chi connectivity index (χ0v) is 15.5. The van der Waals surface area contributed by atoms with E-state index in [9.17, 15) is 30.0 Å². The molecule has 11 heteroatoms. The van der Waals surface area contributed by atoms with Crippen LogP contribution in [0.15, 0.2) is 10.2 Å². The Bertz CT molecular complexity index is 471. The Kier molecular flexibility index (Phi) is 9.20. The van der Waals surface area contributed by atoms with Crippen LogP contribution < -0.4 is 0 Å². The summed E-state index contributed by atoms with van der Waals surface area (Å²) in [4.78, 5) is 21.7. The van der Waals surface area contributed by atoms with E-state index in [2.05, 4.69) is 6.58 Å². The minimum Gasteiger partial charge on any atom is -0.462 e. The van der Waals surface area contributed by atoms with E-state index >= 15 is 0 Å². The lowest BCUT2D eigenvalue weighted by molar-refractivity contribution is -0.313. The third-order valence-corrected chi connectivity index (χ3v) is 4.07. The highest BCUT2D eigenvalue weighted by atomic mass is 127. The van der Waals surface area contributed by atoms with Crippen LogP contribution in [0.1, 0.15) is 6.92 Å². The Hall–Kier alpha value is -0.830. The van der Waals surface area contributed by atoms with Crippen molar-refractivity contribution in [2.75, 3.05) is 13.2 Å². The molecule has 1 unspecified atom stereocenters. The van der Waals surface area contributed by atoms with Crippen LogP contribution in [0, 0.1) is 0 Å². The summed E-state index contributed by atoms with van der Waals surface area (Å²) in [5, 5.41) is 38.7. The Morgan fingerprint density at radius 2 is 1.96 bits per heavy atom. The highest BCUT2D eigenvalue weighted by molar-refractivity contribution is 14.1. The number of hydrogen-bond acceptors (Lipinski definition) is 10. The lowest BCUT2D eigenvalue weighted by Gasteiger charge is -2.41. The van der Waals surface area contributed by atoms with Crippen molar-refractivity contribution >= 4 is 35.0 Å².